The largest absolute Gasteiger partial charge is 0.354 e. The predicted molar refractivity (Wildman–Crippen MR) is 42.8 cm³/mol. The minimum absolute atomic E-state index is 0.0571. The minimum Gasteiger partial charge on any atom is -0.354 e. The first-order chi connectivity index (χ1) is 4.92. The summed E-state index contributed by atoms with van der Waals surface area (Å²) in [5.74, 6) is -0.220. The Kier molecular flexibility index (Phi) is 4.50. The van der Waals surface area contributed by atoms with Gasteiger partial charge in [0, 0.05) is 24.7 Å². The molecule has 66 valence electrons. The molecule has 1 amide bonds. The zero-order valence-electron chi connectivity index (χ0n) is 5.90. The van der Waals surface area contributed by atoms with Crippen LogP contribution >= 0.6 is 0 Å². The molecule has 0 aliphatic rings. The van der Waals surface area contributed by atoms with Gasteiger partial charge in [-0.1, -0.05) is 0 Å². The van der Waals surface area contributed by atoms with Crippen LogP contribution in [0.25, 0.3) is 0 Å². The van der Waals surface area contributed by atoms with Crippen LogP contribution in [0.3, 0.4) is 0 Å². The molecule has 0 rings (SSSR count). The lowest BCUT2D eigenvalue weighted by Gasteiger charge is -2.01. The molecule has 1 unspecified atom stereocenters. The summed E-state index contributed by atoms with van der Waals surface area (Å²) >= 11 is 4.01. The topological polar surface area (TPSA) is 75.6 Å². The van der Waals surface area contributed by atoms with E-state index in [1.54, 1.807) is 0 Å². The Bertz CT molecular complexity index is 222. The number of hydrogen-bond donors (Lipinski definition) is 2. The standard InChI is InChI=1S/C4H9NO4S2/c1-4(6)5-2-3-9-11(7,8)10/h2-3H2,1H3,(H,5,6)(H,7,8,10). The second-order valence-corrected chi connectivity index (χ2v) is 4.09. The molecule has 2 N–H and O–H groups in total. The highest BCUT2D eigenvalue weighted by Crippen LogP contribution is 1.84. The fourth-order valence-electron chi connectivity index (χ4n) is 0.374. The molecule has 0 saturated heterocycles. The smallest absolute Gasteiger partial charge is 0.266 e. The first-order valence-corrected chi connectivity index (χ1v) is 5.14. The molecule has 1 atom stereocenters. The lowest BCUT2D eigenvalue weighted by molar-refractivity contribution is -0.119. The van der Waals surface area contributed by atoms with Gasteiger partial charge in [0.15, 0.2) is 0 Å². The highest BCUT2D eigenvalue weighted by Gasteiger charge is 1.98. The van der Waals surface area contributed by atoms with E-state index in [1.165, 1.54) is 6.92 Å². The van der Waals surface area contributed by atoms with E-state index in [2.05, 4.69) is 20.7 Å². The van der Waals surface area contributed by atoms with E-state index >= 15 is 0 Å². The summed E-state index contributed by atoms with van der Waals surface area (Å²) in [6.07, 6.45) is 0. The van der Waals surface area contributed by atoms with Gasteiger partial charge in [0.25, 0.3) is 9.05 Å². The number of carbonyl (C=O) groups is 1. The quantitative estimate of drug-likeness (QED) is 0.584. The summed E-state index contributed by atoms with van der Waals surface area (Å²) in [4.78, 5) is 10.2. The Morgan fingerprint density at radius 1 is 1.82 bits per heavy atom. The third kappa shape index (κ3) is 9.76. The summed E-state index contributed by atoms with van der Waals surface area (Å²) in [6.45, 7) is 1.46. The molecule has 0 spiro atoms. The molecule has 0 aliphatic heterocycles. The number of amides is 1. The summed E-state index contributed by atoms with van der Waals surface area (Å²) in [6, 6.07) is 0. The number of hydrogen-bond acceptors (Lipinski definition) is 4. The highest BCUT2D eigenvalue weighted by atomic mass is 32.9. The van der Waals surface area contributed by atoms with Crippen molar-refractivity contribution >= 4 is 26.1 Å². The van der Waals surface area contributed by atoms with Gasteiger partial charge < -0.3 is 5.32 Å². The lowest BCUT2D eigenvalue weighted by atomic mass is 10.6. The van der Waals surface area contributed by atoms with Gasteiger partial charge in [0.2, 0.25) is 5.91 Å². The molecule has 0 aromatic heterocycles. The molecule has 0 saturated carbocycles. The average Bonchev–Trinajstić information content (AvgIpc) is 1.78. The number of nitrogens with one attached hydrogen (secondary N) is 1. The summed E-state index contributed by atoms with van der Waals surface area (Å²) in [5, 5.41) is 2.37. The van der Waals surface area contributed by atoms with Crippen LogP contribution < -0.4 is 5.32 Å². The van der Waals surface area contributed by atoms with Crippen molar-refractivity contribution in [2.45, 2.75) is 6.92 Å². The first-order valence-electron chi connectivity index (χ1n) is 2.78. The Labute approximate surface area is 69.8 Å². The average molecular weight is 199 g/mol. The second kappa shape index (κ2) is 4.60. The Morgan fingerprint density at radius 3 is 2.73 bits per heavy atom. The van der Waals surface area contributed by atoms with E-state index in [0.717, 1.165) is 0 Å². The van der Waals surface area contributed by atoms with Gasteiger partial charge in [-0.25, -0.2) is 0 Å². The molecule has 0 radical (unpaired) electrons. The number of rotatable bonds is 4. The van der Waals surface area contributed by atoms with Crippen LogP contribution in [0.15, 0.2) is 0 Å². The monoisotopic (exact) mass is 199 g/mol. The van der Waals surface area contributed by atoms with Gasteiger partial charge in [0.1, 0.15) is 0 Å². The third-order valence-electron chi connectivity index (χ3n) is 0.708. The second-order valence-electron chi connectivity index (χ2n) is 1.73. The van der Waals surface area contributed by atoms with Crippen molar-refractivity contribution in [2.75, 3.05) is 13.2 Å². The van der Waals surface area contributed by atoms with Crippen molar-refractivity contribution in [3.8, 4) is 0 Å². The van der Waals surface area contributed by atoms with Gasteiger partial charge in [-0.15, -0.1) is 0 Å². The molecule has 0 aromatic carbocycles. The molecule has 11 heavy (non-hydrogen) atoms. The van der Waals surface area contributed by atoms with Crippen LogP contribution in [0, 0.1) is 0 Å². The van der Waals surface area contributed by atoms with E-state index < -0.39 is 9.05 Å². The molecular formula is C4H9NO4S2. The van der Waals surface area contributed by atoms with Gasteiger partial charge in [0.05, 0.1) is 6.61 Å². The Morgan fingerprint density at radius 2 is 2.36 bits per heavy atom. The highest BCUT2D eigenvalue weighted by molar-refractivity contribution is 8.27. The zero-order valence-corrected chi connectivity index (χ0v) is 7.54. The summed E-state index contributed by atoms with van der Waals surface area (Å²) in [7, 11) is -3.54. The third-order valence-corrected chi connectivity index (χ3v) is 1.46. The van der Waals surface area contributed by atoms with E-state index in [0.29, 0.717) is 0 Å². The summed E-state index contributed by atoms with van der Waals surface area (Å²) < 4.78 is 22.9. The van der Waals surface area contributed by atoms with Crippen LogP contribution in [-0.4, -0.2) is 27.8 Å². The lowest BCUT2D eigenvalue weighted by Crippen LogP contribution is -2.25. The van der Waals surface area contributed by atoms with Crippen molar-refractivity contribution in [2.24, 2.45) is 0 Å². The maximum atomic E-state index is 10.3. The van der Waals surface area contributed by atoms with Crippen LogP contribution in [0.5, 0.6) is 0 Å². The predicted octanol–water partition coefficient (Wildman–Crippen LogP) is -0.727. The fraction of sp³-hybridized carbons (Fsp3) is 0.750. The zero-order chi connectivity index (χ0) is 8.91. The Hall–Kier alpha value is -0.240. The normalized spacial score (nSPS) is 15.5. The van der Waals surface area contributed by atoms with Crippen LogP contribution in [0.1, 0.15) is 6.92 Å². The van der Waals surface area contributed by atoms with Crippen LogP contribution in [0.4, 0.5) is 0 Å². The fourth-order valence-corrected chi connectivity index (χ4v) is 0.872. The van der Waals surface area contributed by atoms with Gasteiger partial charge in [-0.3, -0.25) is 13.5 Å². The molecule has 0 aliphatic carbocycles. The first kappa shape index (κ1) is 10.8. The Balaban J connectivity index is 3.37. The van der Waals surface area contributed by atoms with Crippen LogP contribution in [0.2, 0.25) is 0 Å². The minimum atomic E-state index is -3.54. The van der Waals surface area contributed by atoms with Crippen molar-refractivity contribution in [3.63, 3.8) is 0 Å². The van der Waals surface area contributed by atoms with Crippen molar-refractivity contribution in [1.29, 1.82) is 0 Å². The molecule has 5 nitrogen and oxygen atoms in total. The van der Waals surface area contributed by atoms with Gasteiger partial charge >= 0.3 is 0 Å². The molecule has 0 heterocycles. The maximum Gasteiger partial charge on any atom is 0.266 e. The summed E-state index contributed by atoms with van der Waals surface area (Å²) in [5.41, 5.74) is 0. The maximum absolute atomic E-state index is 10.3. The van der Waals surface area contributed by atoms with Gasteiger partial charge in [-0.05, 0) is 0 Å². The van der Waals surface area contributed by atoms with E-state index in [1.807, 2.05) is 0 Å². The molecule has 0 aromatic rings. The van der Waals surface area contributed by atoms with Crippen molar-refractivity contribution in [3.05, 3.63) is 0 Å². The van der Waals surface area contributed by atoms with Gasteiger partial charge in [-0.2, -0.15) is 4.21 Å². The molecular weight excluding hydrogens is 190 g/mol. The van der Waals surface area contributed by atoms with E-state index in [-0.39, 0.29) is 19.1 Å². The molecule has 0 fully saturated rings. The van der Waals surface area contributed by atoms with Crippen molar-refractivity contribution < 1.29 is 17.7 Å². The van der Waals surface area contributed by atoms with E-state index in [9.17, 15) is 9.00 Å². The van der Waals surface area contributed by atoms with Crippen molar-refractivity contribution in [1.82, 2.24) is 5.32 Å². The van der Waals surface area contributed by atoms with E-state index in [4.69, 9.17) is 4.55 Å². The molecule has 0 bridgehead atoms. The number of carbonyl (C=O) groups excluding carboxylic acids is 1. The SMILES string of the molecule is CC(=O)NCCOS(=O)(O)=S. The van der Waals surface area contributed by atoms with Crippen LogP contribution in [-0.2, 0) is 29.2 Å². The molecule has 7 heteroatoms.